The summed E-state index contributed by atoms with van der Waals surface area (Å²) in [5.41, 5.74) is 4.71. The Labute approximate surface area is 113 Å². The molecule has 0 aromatic carbocycles. The second kappa shape index (κ2) is 5.22. The molecule has 1 aliphatic rings. The summed E-state index contributed by atoms with van der Waals surface area (Å²) < 4.78 is 4.74. The van der Waals surface area contributed by atoms with Gasteiger partial charge in [-0.05, 0) is 19.8 Å². The second-order valence-electron chi connectivity index (χ2n) is 5.31. The quantitative estimate of drug-likeness (QED) is 0.600. The molecule has 102 valence electrons. The highest BCUT2D eigenvalue weighted by atomic mass is 32.1. The zero-order chi connectivity index (χ0) is 14.1. The monoisotopic (exact) mass is 272 g/mol. The molecule has 1 fully saturated rings. The SMILES string of the molecule is COC(=O)C1CN(C(=O)C(C)(C)C(N)=S)CC1C. The maximum atomic E-state index is 12.3. The van der Waals surface area contributed by atoms with Crippen LogP contribution in [0, 0.1) is 17.3 Å². The van der Waals surface area contributed by atoms with Crippen LogP contribution in [0.3, 0.4) is 0 Å². The van der Waals surface area contributed by atoms with Crippen molar-refractivity contribution < 1.29 is 14.3 Å². The van der Waals surface area contributed by atoms with E-state index in [2.05, 4.69) is 0 Å². The minimum atomic E-state index is -0.875. The van der Waals surface area contributed by atoms with E-state index in [9.17, 15) is 9.59 Å². The predicted molar refractivity (Wildman–Crippen MR) is 71.8 cm³/mol. The molecule has 0 saturated carbocycles. The molecule has 1 rings (SSSR count). The molecule has 18 heavy (non-hydrogen) atoms. The molecule has 0 aliphatic carbocycles. The van der Waals surface area contributed by atoms with Crippen LogP contribution < -0.4 is 5.73 Å². The lowest BCUT2D eigenvalue weighted by Crippen LogP contribution is -2.46. The third-order valence-corrected chi connectivity index (χ3v) is 4.06. The van der Waals surface area contributed by atoms with Crippen LogP contribution in [0.25, 0.3) is 0 Å². The van der Waals surface area contributed by atoms with E-state index in [-0.39, 0.29) is 28.7 Å². The van der Waals surface area contributed by atoms with E-state index in [0.717, 1.165) is 0 Å². The van der Waals surface area contributed by atoms with Gasteiger partial charge < -0.3 is 15.4 Å². The average Bonchev–Trinajstić information content (AvgIpc) is 2.68. The van der Waals surface area contributed by atoms with Crippen LogP contribution in [0.2, 0.25) is 0 Å². The first kappa shape index (κ1) is 14.9. The molecule has 0 bridgehead atoms. The molecular weight excluding hydrogens is 252 g/mol. The molecule has 6 heteroatoms. The highest BCUT2D eigenvalue weighted by Crippen LogP contribution is 2.28. The van der Waals surface area contributed by atoms with Gasteiger partial charge in [-0.15, -0.1) is 0 Å². The lowest BCUT2D eigenvalue weighted by molar-refractivity contribution is -0.146. The molecule has 5 nitrogen and oxygen atoms in total. The van der Waals surface area contributed by atoms with Crippen LogP contribution >= 0.6 is 12.2 Å². The third-order valence-electron chi connectivity index (χ3n) is 3.55. The molecule has 1 aliphatic heterocycles. The summed E-state index contributed by atoms with van der Waals surface area (Å²) in [6.45, 7) is 6.24. The van der Waals surface area contributed by atoms with Gasteiger partial charge in [-0.1, -0.05) is 19.1 Å². The molecule has 1 amide bonds. The minimum absolute atomic E-state index is 0.0866. The highest BCUT2D eigenvalue weighted by Gasteiger charge is 2.42. The topological polar surface area (TPSA) is 72.6 Å². The zero-order valence-corrected chi connectivity index (χ0v) is 12.0. The van der Waals surface area contributed by atoms with Gasteiger partial charge in [-0.2, -0.15) is 0 Å². The van der Waals surface area contributed by atoms with Crippen molar-refractivity contribution in [2.24, 2.45) is 23.0 Å². The third kappa shape index (κ3) is 2.63. The van der Waals surface area contributed by atoms with E-state index in [0.29, 0.717) is 13.1 Å². The standard InChI is InChI=1S/C12H20N2O3S/c1-7-5-14(6-8(7)9(15)17-4)11(16)12(2,3)10(13)18/h7-8H,5-6H2,1-4H3,(H2,13,18). The van der Waals surface area contributed by atoms with Crippen molar-refractivity contribution in [1.82, 2.24) is 4.90 Å². The van der Waals surface area contributed by atoms with Crippen molar-refractivity contribution in [3.8, 4) is 0 Å². The van der Waals surface area contributed by atoms with Gasteiger partial charge in [-0.3, -0.25) is 9.59 Å². The fourth-order valence-corrected chi connectivity index (χ4v) is 2.18. The minimum Gasteiger partial charge on any atom is -0.469 e. The number of carbonyl (C=O) groups is 2. The Hall–Kier alpha value is -1.17. The molecule has 0 aromatic rings. The van der Waals surface area contributed by atoms with E-state index in [1.807, 2.05) is 6.92 Å². The fraction of sp³-hybridized carbons (Fsp3) is 0.750. The van der Waals surface area contributed by atoms with E-state index in [1.165, 1.54) is 7.11 Å². The maximum absolute atomic E-state index is 12.3. The molecule has 0 radical (unpaired) electrons. The van der Waals surface area contributed by atoms with E-state index >= 15 is 0 Å². The van der Waals surface area contributed by atoms with Crippen LogP contribution in [-0.2, 0) is 14.3 Å². The summed E-state index contributed by atoms with van der Waals surface area (Å²) in [4.78, 5) is 25.7. The molecule has 1 saturated heterocycles. The summed E-state index contributed by atoms with van der Waals surface area (Å²) in [6, 6.07) is 0. The number of hydrogen-bond acceptors (Lipinski definition) is 4. The Balaban J connectivity index is 2.80. The molecule has 2 atom stereocenters. The smallest absolute Gasteiger partial charge is 0.310 e. The summed E-state index contributed by atoms with van der Waals surface area (Å²) in [7, 11) is 1.36. The highest BCUT2D eigenvalue weighted by molar-refractivity contribution is 7.80. The van der Waals surface area contributed by atoms with Crippen molar-refractivity contribution >= 4 is 29.1 Å². The second-order valence-corrected chi connectivity index (χ2v) is 5.75. The molecule has 0 spiro atoms. The number of nitrogens with two attached hydrogens (primary N) is 1. The Morgan fingerprint density at radius 3 is 2.39 bits per heavy atom. The maximum Gasteiger partial charge on any atom is 0.310 e. The van der Waals surface area contributed by atoms with Gasteiger partial charge >= 0.3 is 5.97 Å². The number of hydrogen-bond donors (Lipinski definition) is 1. The Morgan fingerprint density at radius 2 is 1.94 bits per heavy atom. The van der Waals surface area contributed by atoms with Crippen molar-refractivity contribution in [2.75, 3.05) is 20.2 Å². The van der Waals surface area contributed by atoms with Crippen molar-refractivity contribution in [2.45, 2.75) is 20.8 Å². The largest absolute Gasteiger partial charge is 0.469 e. The first-order chi connectivity index (χ1) is 8.21. The van der Waals surface area contributed by atoms with Crippen LogP contribution in [0.5, 0.6) is 0 Å². The van der Waals surface area contributed by atoms with E-state index < -0.39 is 5.41 Å². The van der Waals surface area contributed by atoms with Crippen LogP contribution in [0.4, 0.5) is 0 Å². The molecule has 2 unspecified atom stereocenters. The van der Waals surface area contributed by atoms with E-state index in [4.69, 9.17) is 22.7 Å². The van der Waals surface area contributed by atoms with Crippen molar-refractivity contribution in [1.29, 1.82) is 0 Å². The van der Waals surface area contributed by atoms with Gasteiger partial charge in [0.05, 0.1) is 23.4 Å². The van der Waals surface area contributed by atoms with Gasteiger partial charge in [0.2, 0.25) is 5.91 Å². The summed E-state index contributed by atoms with van der Waals surface area (Å²) in [6.07, 6.45) is 0. The predicted octanol–water partition coefficient (Wildman–Crippen LogP) is 0.566. The van der Waals surface area contributed by atoms with Gasteiger partial charge in [-0.25, -0.2) is 0 Å². The number of likely N-dealkylation sites (tertiary alicyclic amines) is 1. The molecule has 2 N–H and O–H groups in total. The number of esters is 1. The number of methoxy groups -OCH3 is 1. The normalized spacial score (nSPS) is 23.9. The summed E-state index contributed by atoms with van der Waals surface area (Å²) in [5.74, 6) is -0.580. The first-order valence-corrected chi connectivity index (χ1v) is 6.29. The van der Waals surface area contributed by atoms with Crippen LogP contribution in [0.1, 0.15) is 20.8 Å². The fourth-order valence-electron chi connectivity index (χ4n) is 2.09. The molecule has 1 heterocycles. The summed E-state index contributed by atoms with van der Waals surface area (Å²) in [5, 5.41) is 0. The van der Waals surface area contributed by atoms with Crippen molar-refractivity contribution in [3.05, 3.63) is 0 Å². The van der Waals surface area contributed by atoms with E-state index in [1.54, 1.807) is 18.7 Å². The Morgan fingerprint density at radius 1 is 1.39 bits per heavy atom. The Bertz CT molecular complexity index is 382. The number of thiocarbonyl (C=S) groups is 1. The Kier molecular flexibility index (Phi) is 4.32. The summed E-state index contributed by atoms with van der Waals surface area (Å²) >= 11 is 4.92. The first-order valence-electron chi connectivity index (χ1n) is 5.89. The number of amides is 1. The van der Waals surface area contributed by atoms with Gasteiger partial charge in [0, 0.05) is 13.1 Å². The average molecular weight is 272 g/mol. The molecular formula is C12H20N2O3S. The zero-order valence-electron chi connectivity index (χ0n) is 11.2. The number of nitrogens with zero attached hydrogens (tertiary/aromatic N) is 1. The number of rotatable bonds is 3. The van der Waals surface area contributed by atoms with Crippen molar-refractivity contribution in [3.63, 3.8) is 0 Å². The lowest BCUT2D eigenvalue weighted by Gasteiger charge is -2.28. The van der Waals surface area contributed by atoms with Crippen LogP contribution in [-0.4, -0.2) is 42.0 Å². The molecule has 0 aromatic heterocycles. The van der Waals surface area contributed by atoms with Gasteiger partial charge in [0.25, 0.3) is 0 Å². The van der Waals surface area contributed by atoms with Gasteiger partial charge in [0.15, 0.2) is 0 Å². The lowest BCUT2D eigenvalue weighted by atomic mass is 9.92. The number of carbonyl (C=O) groups excluding carboxylic acids is 2. The van der Waals surface area contributed by atoms with Crippen LogP contribution in [0.15, 0.2) is 0 Å². The van der Waals surface area contributed by atoms with Gasteiger partial charge in [0.1, 0.15) is 0 Å². The number of ether oxygens (including phenoxy) is 1.